The summed E-state index contributed by atoms with van der Waals surface area (Å²) >= 11 is 3.29. The quantitative estimate of drug-likeness (QED) is 0.380. The van der Waals surface area contributed by atoms with Gasteiger partial charge < -0.3 is 4.98 Å². The Morgan fingerprint density at radius 2 is 1.31 bits per heavy atom. The van der Waals surface area contributed by atoms with Gasteiger partial charge in [-0.2, -0.15) is 5.26 Å². The molecule has 1 aliphatic heterocycles. The Morgan fingerprint density at radius 1 is 0.759 bits per heavy atom. The third-order valence-electron chi connectivity index (χ3n) is 4.61. The van der Waals surface area contributed by atoms with Crippen LogP contribution in [0.2, 0.25) is 0 Å². The van der Waals surface area contributed by atoms with E-state index < -0.39 is 0 Å². The number of allylic oxidation sites excluding steroid dienone is 1. The first-order valence-electron chi connectivity index (χ1n) is 9.14. The predicted molar refractivity (Wildman–Crippen MR) is 124 cm³/mol. The van der Waals surface area contributed by atoms with Crippen LogP contribution >= 0.6 is 23.5 Å². The van der Waals surface area contributed by atoms with Crippen molar-refractivity contribution >= 4 is 49.9 Å². The lowest BCUT2D eigenvalue weighted by Crippen LogP contribution is -1.86. The molecule has 5 heteroatoms. The van der Waals surface area contributed by atoms with Crippen LogP contribution in [0.15, 0.2) is 89.2 Å². The Labute approximate surface area is 177 Å². The molecule has 29 heavy (non-hydrogen) atoms. The number of nitrogens with one attached hydrogen (secondary N) is 1. The lowest BCUT2D eigenvalue weighted by Gasteiger charge is -2.05. The lowest BCUT2D eigenvalue weighted by molar-refractivity contribution is 1.27. The number of para-hydroxylation sites is 2. The molecule has 3 nitrogen and oxygen atoms in total. The van der Waals surface area contributed by atoms with Gasteiger partial charge in [0.05, 0.1) is 15.3 Å². The number of aromatic nitrogens is 2. The minimum Gasteiger partial charge on any atom is -0.337 e. The van der Waals surface area contributed by atoms with Crippen molar-refractivity contribution in [1.29, 1.82) is 5.26 Å². The Morgan fingerprint density at radius 3 is 1.86 bits per heavy atom. The maximum Gasteiger partial charge on any atom is 0.150 e. The number of benzene rings is 3. The van der Waals surface area contributed by atoms with Crippen molar-refractivity contribution in [2.75, 3.05) is 0 Å². The molecule has 0 saturated heterocycles. The summed E-state index contributed by atoms with van der Waals surface area (Å²) in [4.78, 5) is 10.3. The van der Waals surface area contributed by atoms with E-state index in [0.717, 1.165) is 26.4 Å². The molecule has 1 aliphatic rings. The van der Waals surface area contributed by atoms with Crippen molar-refractivity contribution in [2.45, 2.75) is 0 Å². The normalized spacial score (nSPS) is 13.7. The van der Waals surface area contributed by atoms with Gasteiger partial charge in [0, 0.05) is 9.81 Å². The maximum absolute atomic E-state index is 9.97. The zero-order chi connectivity index (χ0) is 19.6. The van der Waals surface area contributed by atoms with Crippen LogP contribution < -0.4 is 0 Å². The van der Waals surface area contributed by atoms with E-state index in [1.165, 1.54) is 9.81 Å². The summed E-state index contributed by atoms with van der Waals surface area (Å²) in [7, 11) is 0. The molecule has 0 amide bonds. The Bertz CT molecular complexity index is 1210. The number of fused-ring (bicyclic) bond motifs is 1. The highest BCUT2D eigenvalue weighted by Gasteiger charge is 2.27. The van der Waals surface area contributed by atoms with E-state index in [4.69, 9.17) is 0 Å². The molecule has 0 atom stereocenters. The summed E-state index contributed by atoms with van der Waals surface area (Å²) in [5.74, 6) is 0.616. The number of hydrogen-bond acceptors (Lipinski definition) is 4. The van der Waals surface area contributed by atoms with Gasteiger partial charge in [0.15, 0.2) is 5.82 Å². The molecule has 5 rings (SSSR count). The van der Waals surface area contributed by atoms with Crippen molar-refractivity contribution in [3.8, 4) is 6.07 Å². The second kappa shape index (κ2) is 7.67. The number of nitrogens with zero attached hydrogens (tertiary/aromatic N) is 2. The number of hydrogen-bond donors (Lipinski definition) is 1. The first-order valence-corrected chi connectivity index (χ1v) is 10.8. The molecule has 1 aromatic heterocycles. The van der Waals surface area contributed by atoms with Gasteiger partial charge in [0.25, 0.3) is 0 Å². The van der Waals surface area contributed by atoms with Crippen LogP contribution in [-0.2, 0) is 0 Å². The lowest BCUT2D eigenvalue weighted by atomic mass is 10.1. The van der Waals surface area contributed by atoms with Crippen LogP contribution in [0.25, 0.3) is 26.4 Å². The molecule has 138 valence electrons. The largest absolute Gasteiger partial charge is 0.337 e. The van der Waals surface area contributed by atoms with Crippen LogP contribution in [0.4, 0.5) is 0 Å². The van der Waals surface area contributed by atoms with Crippen LogP contribution in [0, 0.1) is 11.3 Å². The van der Waals surface area contributed by atoms with Gasteiger partial charge in [0.1, 0.15) is 11.6 Å². The van der Waals surface area contributed by atoms with Crippen LogP contribution in [-0.4, -0.2) is 9.97 Å². The number of H-pyrrole nitrogens is 1. The van der Waals surface area contributed by atoms with Gasteiger partial charge in [-0.15, -0.1) is 0 Å². The van der Waals surface area contributed by atoms with Gasteiger partial charge in [0.2, 0.25) is 0 Å². The van der Waals surface area contributed by atoms with Gasteiger partial charge in [-0.25, -0.2) is 4.98 Å². The highest BCUT2D eigenvalue weighted by atomic mass is 32.2. The van der Waals surface area contributed by atoms with E-state index in [1.807, 2.05) is 60.7 Å². The summed E-state index contributed by atoms with van der Waals surface area (Å²) in [6, 6.07) is 30.9. The van der Waals surface area contributed by atoms with Crippen molar-refractivity contribution in [3.63, 3.8) is 0 Å². The van der Waals surface area contributed by atoms with Crippen molar-refractivity contribution in [3.05, 3.63) is 106 Å². The highest BCUT2D eigenvalue weighted by molar-refractivity contribution is 8.34. The minimum atomic E-state index is 0.579. The molecule has 3 aromatic carbocycles. The van der Waals surface area contributed by atoms with Crippen molar-refractivity contribution in [2.24, 2.45) is 0 Å². The first kappa shape index (κ1) is 17.9. The average molecular weight is 410 g/mol. The summed E-state index contributed by atoms with van der Waals surface area (Å²) in [6.07, 6.45) is 0. The zero-order valence-electron chi connectivity index (χ0n) is 15.3. The van der Waals surface area contributed by atoms with E-state index in [1.54, 1.807) is 23.5 Å². The third-order valence-corrected chi connectivity index (χ3v) is 7.31. The fourth-order valence-corrected chi connectivity index (χ4v) is 5.93. The zero-order valence-corrected chi connectivity index (χ0v) is 16.9. The predicted octanol–water partition coefficient (Wildman–Crippen LogP) is 6.76. The molecule has 0 radical (unpaired) electrons. The molecule has 0 unspecified atom stereocenters. The van der Waals surface area contributed by atoms with Gasteiger partial charge >= 0.3 is 0 Å². The van der Waals surface area contributed by atoms with E-state index in [2.05, 4.69) is 40.3 Å². The van der Waals surface area contributed by atoms with E-state index in [0.29, 0.717) is 11.4 Å². The summed E-state index contributed by atoms with van der Waals surface area (Å²) < 4.78 is 0.948. The number of aromatic amines is 1. The smallest absolute Gasteiger partial charge is 0.150 e. The summed E-state index contributed by atoms with van der Waals surface area (Å²) in [5.41, 5.74) is 4.68. The highest BCUT2D eigenvalue weighted by Crippen LogP contribution is 2.59. The molecule has 1 N–H and O–H groups in total. The van der Waals surface area contributed by atoms with Gasteiger partial charge in [-0.1, -0.05) is 96.3 Å². The van der Waals surface area contributed by atoms with Crippen LogP contribution in [0.5, 0.6) is 0 Å². The fraction of sp³-hybridized carbons (Fsp3) is 0. The molecule has 2 heterocycles. The Hall–Kier alpha value is -3.20. The molecule has 0 aliphatic carbocycles. The van der Waals surface area contributed by atoms with Crippen LogP contribution in [0.3, 0.4) is 0 Å². The molecular formula is C24H15N3S2. The summed E-state index contributed by atoms with van der Waals surface area (Å²) in [5, 5.41) is 9.97. The van der Waals surface area contributed by atoms with Crippen molar-refractivity contribution in [1.82, 2.24) is 9.97 Å². The molecule has 0 fully saturated rings. The minimum absolute atomic E-state index is 0.579. The molecule has 0 spiro atoms. The topological polar surface area (TPSA) is 52.5 Å². The van der Waals surface area contributed by atoms with E-state index in [-0.39, 0.29) is 0 Å². The van der Waals surface area contributed by atoms with Gasteiger partial charge in [-0.3, -0.25) is 0 Å². The maximum atomic E-state index is 9.97. The Kier molecular flexibility index (Phi) is 4.73. The second-order valence-corrected chi connectivity index (χ2v) is 8.77. The number of thioether (sulfide) groups is 2. The van der Waals surface area contributed by atoms with Gasteiger partial charge in [-0.05, 0) is 23.3 Å². The number of imidazole rings is 1. The standard InChI is InChI=1S/C24H15N3S2/c25-15-18(23-26-19-13-7-8-14-20(19)27-23)24-28-21(16-9-3-1-4-10-16)22(29-24)17-11-5-2-6-12-17/h1-14H,(H,26,27). The van der Waals surface area contributed by atoms with E-state index in [9.17, 15) is 5.26 Å². The fourth-order valence-electron chi connectivity index (χ4n) is 3.23. The summed E-state index contributed by atoms with van der Waals surface area (Å²) in [6.45, 7) is 0. The van der Waals surface area contributed by atoms with Crippen LogP contribution in [0.1, 0.15) is 17.0 Å². The first-order chi connectivity index (χ1) is 14.3. The number of rotatable bonds is 3. The van der Waals surface area contributed by atoms with E-state index >= 15 is 0 Å². The monoisotopic (exact) mass is 409 g/mol. The second-order valence-electron chi connectivity index (χ2n) is 6.47. The molecule has 0 saturated carbocycles. The Balaban J connectivity index is 1.63. The molecule has 0 bridgehead atoms. The SMILES string of the molecule is N#CC(=C1SC(c2ccccc2)=C(c2ccccc2)S1)c1nc2ccccc2[nH]1. The van der Waals surface area contributed by atoms with Crippen molar-refractivity contribution < 1.29 is 0 Å². The molecule has 4 aromatic rings. The number of nitriles is 1. The molecular weight excluding hydrogens is 394 g/mol. The third kappa shape index (κ3) is 3.38. The average Bonchev–Trinajstić information content (AvgIpc) is 3.40.